The van der Waals surface area contributed by atoms with Gasteiger partial charge in [0.1, 0.15) is 5.82 Å². The Bertz CT molecular complexity index is 592. The van der Waals surface area contributed by atoms with E-state index in [4.69, 9.17) is 4.74 Å². The number of aryl methyl sites for hydroxylation is 1. The summed E-state index contributed by atoms with van der Waals surface area (Å²) in [5.41, 5.74) is 0.744. The molecule has 1 aliphatic heterocycles. The van der Waals surface area contributed by atoms with Gasteiger partial charge in [0, 0.05) is 24.4 Å². The molecule has 0 bridgehead atoms. The van der Waals surface area contributed by atoms with Crippen molar-refractivity contribution in [3.63, 3.8) is 0 Å². The van der Waals surface area contributed by atoms with Gasteiger partial charge in [-0.15, -0.1) is 11.3 Å². The Kier molecular flexibility index (Phi) is 5.03. The number of morpholine rings is 1. The van der Waals surface area contributed by atoms with Gasteiger partial charge in [0.05, 0.1) is 25.1 Å². The van der Waals surface area contributed by atoms with Crippen molar-refractivity contribution in [2.24, 2.45) is 0 Å². The molecule has 0 saturated carbocycles. The van der Waals surface area contributed by atoms with Crippen molar-refractivity contribution >= 4 is 28.7 Å². The summed E-state index contributed by atoms with van der Waals surface area (Å²) < 4.78 is 5.33. The van der Waals surface area contributed by atoms with Gasteiger partial charge in [-0.1, -0.05) is 6.07 Å². The van der Waals surface area contributed by atoms with Crippen LogP contribution in [-0.4, -0.2) is 37.2 Å². The maximum Gasteiger partial charge on any atom is 0.224 e. The van der Waals surface area contributed by atoms with Gasteiger partial charge in [0.2, 0.25) is 5.91 Å². The number of amides is 1. The lowest BCUT2D eigenvalue weighted by Gasteiger charge is -2.27. The topological polar surface area (TPSA) is 54.5 Å². The first-order valence-corrected chi connectivity index (χ1v) is 8.30. The molecule has 0 spiro atoms. The molecule has 0 atom stereocenters. The lowest BCUT2D eigenvalue weighted by Crippen LogP contribution is -2.36. The van der Waals surface area contributed by atoms with Gasteiger partial charge < -0.3 is 15.0 Å². The molecule has 22 heavy (non-hydrogen) atoms. The van der Waals surface area contributed by atoms with Crippen LogP contribution >= 0.6 is 11.3 Å². The van der Waals surface area contributed by atoms with Crippen LogP contribution in [0.3, 0.4) is 0 Å². The fourth-order valence-electron chi connectivity index (χ4n) is 2.35. The molecule has 0 radical (unpaired) electrons. The number of hydrogen-bond donors (Lipinski definition) is 1. The number of aromatic nitrogens is 1. The molecule has 0 aliphatic carbocycles. The molecule has 116 valence electrons. The molecule has 5 nitrogen and oxygen atoms in total. The first-order valence-electron chi connectivity index (χ1n) is 7.42. The van der Waals surface area contributed by atoms with Crippen molar-refractivity contribution in [1.82, 2.24) is 4.98 Å². The first kappa shape index (κ1) is 15.0. The van der Waals surface area contributed by atoms with Crippen LogP contribution in [0.1, 0.15) is 11.3 Å². The molecule has 1 N–H and O–H groups in total. The minimum Gasteiger partial charge on any atom is -0.378 e. The molecule has 1 amide bonds. The van der Waals surface area contributed by atoms with Crippen molar-refractivity contribution in [2.45, 2.75) is 12.8 Å². The average Bonchev–Trinajstić information content (AvgIpc) is 3.08. The highest BCUT2D eigenvalue weighted by molar-refractivity contribution is 7.09. The number of nitrogens with one attached hydrogen (secondary N) is 1. The third-order valence-corrected chi connectivity index (χ3v) is 4.48. The summed E-state index contributed by atoms with van der Waals surface area (Å²) in [4.78, 5) is 19.8. The summed E-state index contributed by atoms with van der Waals surface area (Å²) in [5.74, 6) is 0.953. The van der Waals surface area contributed by atoms with E-state index in [2.05, 4.69) is 21.3 Å². The van der Waals surface area contributed by atoms with Crippen molar-refractivity contribution in [1.29, 1.82) is 0 Å². The minimum absolute atomic E-state index is 0.0225. The number of carbonyl (C=O) groups excluding carboxylic acids is 1. The van der Waals surface area contributed by atoms with Crippen LogP contribution in [0, 0.1) is 0 Å². The quantitative estimate of drug-likeness (QED) is 0.921. The van der Waals surface area contributed by atoms with Gasteiger partial charge in [-0.2, -0.15) is 0 Å². The monoisotopic (exact) mass is 317 g/mol. The maximum atomic E-state index is 11.9. The molecule has 6 heteroatoms. The van der Waals surface area contributed by atoms with Crippen LogP contribution < -0.4 is 10.2 Å². The van der Waals surface area contributed by atoms with E-state index in [1.54, 1.807) is 17.5 Å². The summed E-state index contributed by atoms with van der Waals surface area (Å²) in [7, 11) is 0. The lowest BCUT2D eigenvalue weighted by atomic mass is 10.2. The predicted molar refractivity (Wildman–Crippen MR) is 88.5 cm³/mol. The Balaban J connectivity index is 1.50. The Labute approximate surface area is 133 Å². The fourth-order valence-corrected chi connectivity index (χ4v) is 3.06. The van der Waals surface area contributed by atoms with Gasteiger partial charge in [0.25, 0.3) is 0 Å². The number of hydrogen-bond acceptors (Lipinski definition) is 5. The minimum atomic E-state index is 0.0225. The molecular weight excluding hydrogens is 298 g/mol. The molecule has 2 aromatic heterocycles. The molecule has 3 heterocycles. The summed E-state index contributed by atoms with van der Waals surface area (Å²) in [6.45, 7) is 3.20. The highest BCUT2D eigenvalue weighted by Crippen LogP contribution is 2.16. The number of thiophene rings is 1. The molecule has 1 saturated heterocycles. The lowest BCUT2D eigenvalue weighted by molar-refractivity contribution is -0.116. The number of pyridine rings is 1. The molecule has 0 unspecified atom stereocenters. The summed E-state index contributed by atoms with van der Waals surface area (Å²) >= 11 is 1.68. The van der Waals surface area contributed by atoms with Gasteiger partial charge in [0.15, 0.2) is 0 Å². The van der Waals surface area contributed by atoms with E-state index in [1.165, 1.54) is 4.88 Å². The van der Waals surface area contributed by atoms with Crippen LogP contribution in [0.5, 0.6) is 0 Å². The normalized spacial score (nSPS) is 14.8. The van der Waals surface area contributed by atoms with E-state index >= 15 is 0 Å². The first-order chi connectivity index (χ1) is 10.8. The summed E-state index contributed by atoms with van der Waals surface area (Å²) in [6, 6.07) is 7.91. The highest BCUT2D eigenvalue weighted by atomic mass is 32.1. The van der Waals surface area contributed by atoms with Crippen molar-refractivity contribution in [3.8, 4) is 0 Å². The van der Waals surface area contributed by atoms with E-state index in [9.17, 15) is 4.79 Å². The van der Waals surface area contributed by atoms with Gasteiger partial charge >= 0.3 is 0 Å². The number of anilines is 2. The third-order valence-electron chi connectivity index (χ3n) is 3.55. The van der Waals surface area contributed by atoms with Crippen LogP contribution in [-0.2, 0) is 16.0 Å². The summed E-state index contributed by atoms with van der Waals surface area (Å²) in [6.07, 6.45) is 2.99. The molecule has 3 rings (SSSR count). The second kappa shape index (κ2) is 7.38. The van der Waals surface area contributed by atoms with Crippen LogP contribution in [0.15, 0.2) is 35.8 Å². The van der Waals surface area contributed by atoms with Crippen molar-refractivity contribution in [2.75, 3.05) is 36.5 Å². The van der Waals surface area contributed by atoms with E-state index in [1.807, 2.05) is 23.6 Å². The SMILES string of the molecule is O=C(CCc1cccs1)Nc1ccc(N2CCOCC2)nc1. The Morgan fingerprint density at radius 3 is 2.86 bits per heavy atom. The molecular formula is C16H19N3O2S. The average molecular weight is 317 g/mol. The smallest absolute Gasteiger partial charge is 0.224 e. The fraction of sp³-hybridized carbons (Fsp3) is 0.375. The molecule has 1 fully saturated rings. The standard InChI is InChI=1S/C16H19N3O2S/c20-16(6-4-14-2-1-11-22-14)18-13-3-5-15(17-12-13)19-7-9-21-10-8-19/h1-3,5,11-12H,4,6-10H2,(H,18,20). The number of ether oxygens (including phenoxy) is 1. The third kappa shape index (κ3) is 4.05. The molecule has 1 aliphatic rings. The van der Waals surface area contributed by atoms with Gasteiger partial charge in [-0.05, 0) is 30.0 Å². The van der Waals surface area contributed by atoms with Crippen LogP contribution in [0.4, 0.5) is 11.5 Å². The van der Waals surface area contributed by atoms with E-state index < -0.39 is 0 Å². The molecule has 2 aromatic rings. The van der Waals surface area contributed by atoms with Crippen LogP contribution in [0.2, 0.25) is 0 Å². The zero-order chi connectivity index (χ0) is 15.2. The van der Waals surface area contributed by atoms with Crippen molar-refractivity contribution in [3.05, 3.63) is 40.7 Å². The second-order valence-corrected chi connectivity index (χ2v) is 6.16. The largest absolute Gasteiger partial charge is 0.378 e. The Morgan fingerprint density at radius 1 is 1.32 bits per heavy atom. The maximum absolute atomic E-state index is 11.9. The highest BCUT2D eigenvalue weighted by Gasteiger charge is 2.12. The predicted octanol–water partition coefficient (Wildman–Crippen LogP) is 2.55. The zero-order valence-corrected chi connectivity index (χ0v) is 13.1. The second-order valence-electron chi connectivity index (χ2n) is 5.13. The molecule has 0 aromatic carbocycles. The Morgan fingerprint density at radius 2 is 2.18 bits per heavy atom. The van der Waals surface area contributed by atoms with Crippen molar-refractivity contribution < 1.29 is 9.53 Å². The zero-order valence-electron chi connectivity index (χ0n) is 12.3. The number of carbonyl (C=O) groups is 1. The van der Waals surface area contributed by atoms with E-state index in [-0.39, 0.29) is 5.91 Å². The Hall–Kier alpha value is -1.92. The van der Waals surface area contributed by atoms with Gasteiger partial charge in [-0.3, -0.25) is 4.79 Å². The van der Waals surface area contributed by atoms with E-state index in [0.29, 0.717) is 6.42 Å². The van der Waals surface area contributed by atoms with Gasteiger partial charge in [-0.25, -0.2) is 4.98 Å². The number of nitrogens with zero attached hydrogens (tertiary/aromatic N) is 2. The van der Waals surface area contributed by atoms with E-state index in [0.717, 1.165) is 44.2 Å². The number of rotatable bonds is 5. The summed E-state index contributed by atoms with van der Waals surface area (Å²) in [5, 5.41) is 4.92. The van der Waals surface area contributed by atoms with Crippen LogP contribution in [0.25, 0.3) is 0 Å².